The van der Waals surface area contributed by atoms with E-state index in [1.165, 1.54) is 19.1 Å². The minimum Gasteiger partial charge on any atom is -0.322 e. The maximum absolute atomic E-state index is 13.6. The monoisotopic (exact) mass is 372 g/mol. The molecule has 0 fully saturated rings. The molecule has 0 aromatic heterocycles. The first kappa shape index (κ1) is 18.8. The topological polar surface area (TPSA) is 66.5 Å². The summed E-state index contributed by atoms with van der Waals surface area (Å²) in [5.74, 6) is -3.20. The minimum absolute atomic E-state index is 0.0751. The summed E-state index contributed by atoms with van der Waals surface area (Å²) in [4.78, 5) is 12.3. The number of sulfonamides is 1. The van der Waals surface area contributed by atoms with Crippen molar-refractivity contribution in [2.75, 3.05) is 15.9 Å². The van der Waals surface area contributed by atoms with E-state index in [2.05, 4.69) is 5.32 Å². The van der Waals surface area contributed by atoms with Crippen LogP contribution in [0.1, 0.15) is 6.92 Å². The number of hydrogen-bond donors (Lipinski definition) is 1. The number of carbonyl (C=O) groups excluding carboxylic acids is 1. The third kappa shape index (κ3) is 4.50. The summed E-state index contributed by atoms with van der Waals surface area (Å²) in [5, 5.41) is 2.21. The lowest BCUT2D eigenvalue weighted by Crippen LogP contribution is -2.45. The van der Waals surface area contributed by atoms with Gasteiger partial charge in [0, 0.05) is 6.07 Å². The van der Waals surface area contributed by atoms with Crippen LogP contribution in [0.5, 0.6) is 0 Å². The van der Waals surface area contributed by atoms with Crippen molar-refractivity contribution in [2.24, 2.45) is 0 Å². The largest absolute Gasteiger partial charge is 0.322 e. The van der Waals surface area contributed by atoms with E-state index in [1.54, 1.807) is 0 Å². The zero-order valence-corrected chi connectivity index (χ0v) is 14.1. The highest BCUT2D eigenvalue weighted by molar-refractivity contribution is 7.92. The SMILES string of the molecule is C[C@@H](C(=O)Nc1ccc(F)cc1F)N(c1ccc(F)cc1)S(C)(=O)=O. The molecule has 0 unspecified atom stereocenters. The molecule has 0 spiro atoms. The van der Waals surface area contributed by atoms with Crippen LogP contribution in [0.15, 0.2) is 42.5 Å². The summed E-state index contributed by atoms with van der Waals surface area (Å²) >= 11 is 0. The summed E-state index contributed by atoms with van der Waals surface area (Å²) in [6.45, 7) is 1.29. The zero-order chi connectivity index (χ0) is 18.8. The van der Waals surface area contributed by atoms with Crippen molar-refractivity contribution in [1.29, 1.82) is 0 Å². The van der Waals surface area contributed by atoms with E-state index in [-0.39, 0.29) is 11.4 Å². The molecule has 0 aliphatic rings. The second kappa shape index (κ2) is 7.14. The molecule has 0 radical (unpaired) electrons. The first-order valence-corrected chi connectivity index (χ1v) is 8.95. The molecule has 134 valence electrons. The number of anilines is 2. The van der Waals surface area contributed by atoms with Gasteiger partial charge >= 0.3 is 0 Å². The van der Waals surface area contributed by atoms with Crippen LogP contribution in [0.2, 0.25) is 0 Å². The normalized spacial score (nSPS) is 12.5. The van der Waals surface area contributed by atoms with Crippen molar-refractivity contribution < 1.29 is 26.4 Å². The van der Waals surface area contributed by atoms with E-state index in [1.807, 2.05) is 0 Å². The van der Waals surface area contributed by atoms with Gasteiger partial charge in [-0.15, -0.1) is 0 Å². The molecule has 1 N–H and O–H groups in total. The van der Waals surface area contributed by atoms with Crippen LogP contribution in [-0.2, 0) is 14.8 Å². The number of nitrogens with one attached hydrogen (secondary N) is 1. The Hall–Kier alpha value is -2.55. The predicted molar refractivity (Wildman–Crippen MR) is 88.2 cm³/mol. The van der Waals surface area contributed by atoms with Gasteiger partial charge in [0.1, 0.15) is 23.5 Å². The Bertz CT molecular complexity index is 886. The molecule has 0 heterocycles. The Labute approximate surface area is 143 Å². The summed E-state index contributed by atoms with van der Waals surface area (Å²) in [6.07, 6.45) is 0.888. The van der Waals surface area contributed by atoms with Crippen molar-refractivity contribution in [2.45, 2.75) is 13.0 Å². The second-order valence-electron chi connectivity index (χ2n) is 5.32. The lowest BCUT2D eigenvalue weighted by Gasteiger charge is -2.28. The third-order valence-electron chi connectivity index (χ3n) is 3.36. The van der Waals surface area contributed by atoms with Crippen molar-refractivity contribution in [1.82, 2.24) is 0 Å². The molecule has 2 aromatic carbocycles. The highest BCUT2D eigenvalue weighted by Crippen LogP contribution is 2.22. The predicted octanol–water partition coefficient (Wildman–Crippen LogP) is 2.90. The Morgan fingerprint density at radius 3 is 2.12 bits per heavy atom. The third-order valence-corrected chi connectivity index (χ3v) is 4.60. The van der Waals surface area contributed by atoms with Crippen LogP contribution in [0.3, 0.4) is 0 Å². The highest BCUT2D eigenvalue weighted by Gasteiger charge is 2.29. The molecule has 0 aliphatic carbocycles. The Morgan fingerprint density at radius 1 is 1.04 bits per heavy atom. The molecule has 5 nitrogen and oxygen atoms in total. The number of halogens is 3. The second-order valence-corrected chi connectivity index (χ2v) is 7.18. The van der Waals surface area contributed by atoms with Crippen LogP contribution in [0.4, 0.5) is 24.5 Å². The number of carbonyl (C=O) groups is 1. The summed E-state index contributed by atoms with van der Waals surface area (Å²) in [7, 11) is -3.89. The van der Waals surface area contributed by atoms with Gasteiger partial charge in [-0.05, 0) is 43.3 Å². The molecule has 1 amide bonds. The summed E-state index contributed by atoms with van der Waals surface area (Å²) in [5.41, 5.74) is -0.211. The van der Waals surface area contributed by atoms with Crippen molar-refractivity contribution in [3.05, 3.63) is 59.9 Å². The van der Waals surface area contributed by atoms with Crippen molar-refractivity contribution >= 4 is 27.3 Å². The van der Waals surface area contributed by atoms with E-state index in [9.17, 15) is 26.4 Å². The van der Waals surface area contributed by atoms with Crippen LogP contribution >= 0.6 is 0 Å². The molecule has 0 saturated carbocycles. The zero-order valence-electron chi connectivity index (χ0n) is 13.3. The smallest absolute Gasteiger partial charge is 0.248 e. The fourth-order valence-corrected chi connectivity index (χ4v) is 3.40. The van der Waals surface area contributed by atoms with Gasteiger partial charge in [0.2, 0.25) is 15.9 Å². The average molecular weight is 372 g/mol. The minimum atomic E-state index is -3.89. The molecule has 25 heavy (non-hydrogen) atoms. The maximum atomic E-state index is 13.6. The van der Waals surface area contributed by atoms with Crippen LogP contribution < -0.4 is 9.62 Å². The van der Waals surface area contributed by atoms with E-state index < -0.39 is 39.4 Å². The first-order chi connectivity index (χ1) is 11.6. The van der Waals surface area contributed by atoms with E-state index in [0.29, 0.717) is 6.07 Å². The molecule has 2 rings (SSSR count). The van der Waals surface area contributed by atoms with Gasteiger partial charge in [0.15, 0.2) is 0 Å². The number of benzene rings is 2. The first-order valence-electron chi connectivity index (χ1n) is 7.10. The molecular weight excluding hydrogens is 357 g/mol. The van der Waals surface area contributed by atoms with Gasteiger partial charge in [-0.25, -0.2) is 21.6 Å². The lowest BCUT2D eigenvalue weighted by atomic mass is 10.2. The number of rotatable bonds is 5. The molecule has 1 atom stereocenters. The number of hydrogen-bond acceptors (Lipinski definition) is 3. The average Bonchev–Trinajstić information content (AvgIpc) is 2.50. The molecule has 2 aromatic rings. The Balaban J connectivity index is 2.31. The fourth-order valence-electron chi connectivity index (χ4n) is 2.22. The standard InChI is InChI=1S/C16H15F3N2O3S/c1-10(16(22)20-15-8-5-12(18)9-14(15)19)21(25(2,23)24)13-6-3-11(17)4-7-13/h3-10H,1-2H3,(H,20,22)/t10-/m0/s1. The molecule has 9 heteroatoms. The molecule has 0 aliphatic heterocycles. The van der Waals surface area contributed by atoms with Crippen molar-refractivity contribution in [3.63, 3.8) is 0 Å². The molecule has 0 bridgehead atoms. The van der Waals surface area contributed by atoms with Gasteiger partial charge < -0.3 is 5.32 Å². The summed E-state index contributed by atoms with van der Waals surface area (Å²) < 4.78 is 64.5. The van der Waals surface area contributed by atoms with Gasteiger partial charge in [-0.3, -0.25) is 9.10 Å². The van der Waals surface area contributed by atoms with Crippen LogP contribution in [0, 0.1) is 17.5 Å². The van der Waals surface area contributed by atoms with Gasteiger partial charge in [-0.1, -0.05) is 0 Å². The molecular formula is C16H15F3N2O3S. The van der Waals surface area contributed by atoms with Crippen LogP contribution in [-0.4, -0.2) is 26.6 Å². The van der Waals surface area contributed by atoms with Gasteiger partial charge in [0.05, 0.1) is 17.6 Å². The van der Waals surface area contributed by atoms with Gasteiger partial charge in [0.25, 0.3) is 0 Å². The maximum Gasteiger partial charge on any atom is 0.248 e. The Morgan fingerprint density at radius 2 is 1.60 bits per heavy atom. The van der Waals surface area contributed by atoms with Crippen molar-refractivity contribution in [3.8, 4) is 0 Å². The quantitative estimate of drug-likeness (QED) is 0.878. The molecule has 0 saturated heterocycles. The van der Waals surface area contributed by atoms with Gasteiger partial charge in [-0.2, -0.15) is 0 Å². The number of nitrogens with zero attached hydrogens (tertiary/aromatic N) is 1. The highest BCUT2D eigenvalue weighted by atomic mass is 32.2. The van der Waals surface area contributed by atoms with E-state index >= 15 is 0 Å². The number of amides is 1. The summed E-state index contributed by atoms with van der Waals surface area (Å²) in [6, 6.07) is 5.83. The van der Waals surface area contributed by atoms with E-state index in [0.717, 1.165) is 34.8 Å². The van der Waals surface area contributed by atoms with Crippen LogP contribution in [0.25, 0.3) is 0 Å². The Kier molecular flexibility index (Phi) is 5.36. The van der Waals surface area contributed by atoms with E-state index in [4.69, 9.17) is 0 Å². The fraction of sp³-hybridized carbons (Fsp3) is 0.188. The lowest BCUT2D eigenvalue weighted by molar-refractivity contribution is -0.116.